The molecule has 1 aromatic rings. The van der Waals surface area contributed by atoms with Gasteiger partial charge in [0.1, 0.15) is 0 Å². The molecule has 0 aliphatic heterocycles. The first kappa shape index (κ1) is 14.6. The van der Waals surface area contributed by atoms with Crippen LogP contribution >= 0.6 is 23.6 Å². The molecule has 0 bridgehead atoms. The highest BCUT2D eigenvalue weighted by atomic mass is 32.1. The minimum absolute atomic E-state index is 0.0403. The van der Waals surface area contributed by atoms with Gasteiger partial charge in [-0.25, -0.2) is 0 Å². The summed E-state index contributed by atoms with van der Waals surface area (Å²) in [5, 5.41) is 4.34. The van der Waals surface area contributed by atoms with Crippen molar-refractivity contribution in [2.75, 3.05) is 20.1 Å². The molecule has 0 spiro atoms. The molecule has 0 saturated carbocycles. The van der Waals surface area contributed by atoms with Crippen LogP contribution in [0.5, 0.6) is 0 Å². The van der Waals surface area contributed by atoms with Crippen molar-refractivity contribution in [3.05, 3.63) is 22.4 Å². The second kappa shape index (κ2) is 7.07. The number of carbonyl (C=O) groups is 2. The van der Waals surface area contributed by atoms with Gasteiger partial charge in [-0.3, -0.25) is 9.59 Å². The molecule has 3 N–H and O–H groups in total. The Hall–Kier alpha value is -1.47. The standard InChI is InChI=1S/C11H15N3O2S2/c1-14(5-4-8-3-2-6-18-8)11(16)10(15)13-7-9(12)17/h2-3,6H,4-5,7H2,1H3,(H2,12,17)(H,13,15). The number of thiocarbonyl (C=S) groups is 1. The zero-order chi connectivity index (χ0) is 13.5. The molecule has 18 heavy (non-hydrogen) atoms. The van der Waals surface area contributed by atoms with Crippen LogP contribution in [0.3, 0.4) is 0 Å². The fraction of sp³-hybridized carbons (Fsp3) is 0.364. The van der Waals surface area contributed by atoms with E-state index in [0.717, 1.165) is 6.42 Å². The van der Waals surface area contributed by atoms with Gasteiger partial charge in [0.15, 0.2) is 0 Å². The first-order valence-corrected chi connectivity index (χ1v) is 6.63. The van der Waals surface area contributed by atoms with E-state index in [1.165, 1.54) is 9.78 Å². The Morgan fingerprint density at radius 1 is 1.56 bits per heavy atom. The molecule has 7 heteroatoms. The smallest absolute Gasteiger partial charge is 0.311 e. The normalized spacial score (nSPS) is 9.83. The Morgan fingerprint density at radius 3 is 2.83 bits per heavy atom. The highest BCUT2D eigenvalue weighted by Gasteiger charge is 2.18. The summed E-state index contributed by atoms with van der Waals surface area (Å²) in [5.74, 6) is -1.26. The van der Waals surface area contributed by atoms with Gasteiger partial charge in [-0.2, -0.15) is 0 Å². The van der Waals surface area contributed by atoms with Crippen molar-refractivity contribution in [3.63, 3.8) is 0 Å². The van der Waals surface area contributed by atoms with E-state index in [9.17, 15) is 9.59 Å². The van der Waals surface area contributed by atoms with Crippen LogP contribution < -0.4 is 11.1 Å². The monoisotopic (exact) mass is 285 g/mol. The van der Waals surface area contributed by atoms with E-state index in [1.807, 2.05) is 17.5 Å². The molecule has 2 amide bonds. The molecule has 0 aliphatic rings. The predicted octanol–water partition coefficient (Wildman–Crippen LogP) is 0.151. The molecular weight excluding hydrogens is 270 g/mol. The lowest BCUT2D eigenvalue weighted by Crippen LogP contribution is -2.44. The van der Waals surface area contributed by atoms with Gasteiger partial charge in [0.05, 0.1) is 11.5 Å². The third kappa shape index (κ3) is 4.80. The van der Waals surface area contributed by atoms with Crippen molar-refractivity contribution in [2.45, 2.75) is 6.42 Å². The van der Waals surface area contributed by atoms with Crippen LogP contribution in [-0.2, 0) is 16.0 Å². The summed E-state index contributed by atoms with van der Waals surface area (Å²) in [4.78, 5) is 25.8. The van der Waals surface area contributed by atoms with E-state index in [2.05, 4.69) is 17.5 Å². The number of hydrogen-bond acceptors (Lipinski definition) is 4. The number of amides is 2. The first-order chi connectivity index (χ1) is 8.50. The second-order valence-electron chi connectivity index (χ2n) is 3.71. The topological polar surface area (TPSA) is 75.4 Å². The molecule has 98 valence electrons. The lowest BCUT2D eigenvalue weighted by Gasteiger charge is -2.15. The lowest BCUT2D eigenvalue weighted by molar-refractivity contribution is -0.144. The third-order valence-corrected chi connectivity index (χ3v) is 3.32. The Kier molecular flexibility index (Phi) is 5.73. The van der Waals surface area contributed by atoms with E-state index in [4.69, 9.17) is 5.73 Å². The van der Waals surface area contributed by atoms with Crippen LogP contribution in [0.25, 0.3) is 0 Å². The molecule has 0 saturated heterocycles. The Labute approximate surface area is 115 Å². The predicted molar refractivity (Wildman–Crippen MR) is 75.5 cm³/mol. The number of likely N-dealkylation sites (N-methyl/N-ethyl adjacent to an activating group) is 1. The maximum Gasteiger partial charge on any atom is 0.311 e. The number of nitrogens with two attached hydrogens (primary N) is 1. The maximum absolute atomic E-state index is 11.6. The summed E-state index contributed by atoms with van der Waals surface area (Å²) in [6, 6.07) is 3.95. The second-order valence-corrected chi connectivity index (χ2v) is 5.26. The number of rotatable bonds is 5. The van der Waals surface area contributed by atoms with Crippen LogP contribution in [0.15, 0.2) is 17.5 Å². The van der Waals surface area contributed by atoms with Crippen molar-refractivity contribution in [2.24, 2.45) is 5.73 Å². The summed E-state index contributed by atoms with van der Waals surface area (Å²) in [6.45, 7) is 0.540. The number of hydrogen-bond donors (Lipinski definition) is 2. The summed E-state index contributed by atoms with van der Waals surface area (Å²) in [7, 11) is 1.59. The number of nitrogens with one attached hydrogen (secondary N) is 1. The molecule has 0 unspecified atom stereocenters. The first-order valence-electron chi connectivity index (χ1n) is 5.34. The summed E-state index contributed by atoms with van der Waals surface area (Å²) >= 11 is 6.24. The fourth-order valence-corrected chi connectivity index (χ4v) is 2.02. The summed E-state index contributed by atoms with van der Waals surface area (Å²) in [6.07, 6.45) is 0.739. The van der Waals surface area contributed by atoms with Gasteiger partial charge < -0.3 is 16.0 Å². The SMILES string of the molecule is CN(CCc1cccs1)C(=O)C(=O)NCC(N)=S. The van der Waals surface area contributed by atoms with Crippen LogP contribution in [0.1, 0.15) is 4.88 Å². The molecule has 0 aliphatic carbocycles. The van der Waals surface area contributed by atoms with Crippen molar-refractivity contribution < 1.29 is 9.59 Å². The Bertz CT molecular complexity index is 432. The largest absolute Gasteiger partial charge is 0.392 e. The molecule has 1 aromatic heterocycles. The average molecular weight is 285 g/mol. The lowest BCUT2D eigenvalue weighted by atomic mass is 10.3. The summed E-state index contributed by atoms with van der Waals surface area (Å²) in [5.41, 5.74) is 5.23. The minimum atomic E-state index is -0.684. The van der Waals surface area contributed by atoms with E-state index in [-0.39, 0.29) is 11.5 Å². The Balaban J connectivity index is 2.36. The Morgan fingerprint density at radius 2 is 2.28 bits per heavy atom. The van der Waals surface area contributed by atoms with Gasteiger partial charge in [-0.05, 0) is 17.9 Å². The molecule has 1 heterocycles. The zero-order valence-electron chi connectivity index (χ0n) is 10.0. The minimum Gasteiger partial charge on any atom is -0.392 e. The maximum atomic E-state index is 11.6. The number of thiophene rings is 1. The van der Waals surface area contributed by atoms with Crippen molar-refractivity contribution in [1.29, 1.82) is 0 Å². The van der Waals surface area contributed by atoms with Crippen molar-refractivity contribution in [3.8, 4) is 0 Å². The van der Waals surface area contributed by atoms with Crippen LogP contribution in [-0.4, -0.2) is 41.8 Å². The zero-order valence-corrected chi connectivity index (χ0v) is 11.6. The fourth-order valence-electron chi connectivity index (χ4n) is 1.25. The number of carbonyl (C=O) groups excluding carboxylic acids is 2. The van der Waals surface area contributed by atoms with Crippen LogP contribution in [0, 0.1) is 0 Å². The highest BCUT2D eigenvalue weighted by molar-refractivity contribution is 7.80. The van der Waals surface area contributed by atoms with Gasteiger partial charge in [0, 0.05) is 18.5 Å². The molecule has 0 aromatic carbocycles. The molecule has 1 rings (SSSR count). The quantitative estimate of drug-likeness (QED) is 0.596. The van der Waals surface area contributed by atoms with E-state index >= 15 is 0 Å². The van der Waals surface area contributed by atoms with Crippen LogP contribution in [0.2, 0.25) is 0 Å². The average Bonchev–Trinajstić information content (AvgIpc) is 2.85. The van der Waals surface area contributed by atoms with E-state index in [0.29, 0.717) is 6.54 Å². The third-order valence-electron chi connectivity index (χ3n) is 2.24. The van der Waals surface area contributed by atoms with Gasteiger partial charge in [-0.15, -0.1) is 11.3 Å². The van der Waals surface area contributed by atoms with E-state index in [1.54, 1.807) is 18.4 Å². The van der Waals surface area contributed by atoms with Crippen molar-refractivity contribution in [1.82, 2.24) is 10.2 Å². The van der Waals surface area contributed by atoms with Gasteiger partial charge in [0.25, 0.3) is 0 Å². The molecule has 0 atom stereocenters. The molecule has 5 nitrogen and oxygen atoms in total. The van der Waals surface area contributed by atoms with E-state index < -0.39 is 11.8 Å². The highest BCUT2D eigenvalue weighted by Crippen LogP contribution is 2.09. The van der Waals surface area contributed by atoms with Gasteiger partial charge >= 0.3 is 11.8 Å². The molecular formula is C11H15N3O2S2. The van der Waals surface area contributed by atoms with Crippen LogP contribution in [0.4, 0.5) is 0 Å². The summed E-state index contributed by atoms with van der Waals surface area (Å²) < 4.78 is 0. The van der Waals surface area contributed by atoms with Gasteiger partial charge in [0.2, 0.25) is 0 Å². The van der Waals surface area contributed by atoms with Gasteiger partial charge in [-0.1, -0.05) is 18.3 Å². The number of nitrogens with zero attached hydrogens (tertiary/aromatic N) is 1. The molecule has 0 fully saturated rings. The molecule has 0 radical (unpaired) electrons. The van der Waals surface area contributed by atoms with Crippen molar-refractivity contribution >= 4 is 40.4 Å².